The Hall–Kier alpha value is -0.570. The van der Waals surface area contributed by atoms with Gasteiger partial charge in [0, 0.05) is 18.9 Å². The third-order valence-corrected chi connectivity index (χ3v) is 3.47. The Morgan fingerprint density at radius 3 is 2.38 bits per heavy atom. The average Bonchev–Trinajstić information content (AvgIpc) is 2.22. The van der Waals surface area contributed by atoms with Crippen LogP contribution in [0.5, 0.6) is 11.5 Å². The van der Waals surface area contributed by atoms with E-state index in [1.54, 1.807) is 12.3 Å². The maximum atomic E-state index is 9.43. The second-order valence-corrected chi connectivity index (χ2v) is 5.60. The van der Waals surface area contributed by atoms with Crippen LogP contribution in [0.3, 0.4) is 0 Å². The first-order valence-corrected chi connectivity index (χ1v) is 6.57. The molecule has 0 aliphatic carbocycles. The summed E-state index contributed by atoms with van der Waals surface area (Å²) in [7, 11) is 0. The van der Waals surface area contributed by atoms with Crippen LogP contribution in [-0.2, 0) is 0 Å². The van der Waals surface area contributed by atoms with Crippen molar-refractivity contribution in [2.24, 2.45) is 0 Å². The van der Waals surface area contributed by atoms with Crippen molar-refractivity contribution in [3.63, 3.8) is 0 Å². The summed E-state index contributed by atoms with van der Waals surface area (Å²) in [6.45, 7) is 0. The van der Waals surface area contributed by atoms with Gasteiger partial charge in [-0.25, -0.2) is 0 Å². The fourth-order valence-electron chi connectivity index (χ4n) is 1.30. The number of halogens is 2. The highest BCUT2D eigenvalue weighted by Crippen LogP contribution is 2.31. The van der Waals surface area contributed by atoms with E-state index in [0.717, 1.165) is 18.4 Å². The lowest BCUT2D eigenvalue weighted by Crippen LogP contribution is -1.89. The Bertz CT molecular complexity index is 544. The van der Waals surface area contributed by atoms with Gasteiger partial charge in [-0.3, -0.25) is 4.98 Å². The van der Waals surface area contributed by atoms with E-state index in [4.69, 9.17) is 0 Å². The van der Waals surface area contributed by atoms with E-state index in [0.29, 0.717) is 0 Å². The monoisotopic (exact) mass is 439 g/mol. The van der Waals surface area contributed by atoms with Crippen molar-refractivity contribution in [1.82, 2.24) is 4.98 Å². The number of rotatable bonds is 1. The van der Waals surface area contributed by atoms with Crippen molar-refractivity contribution in [3.05, 3.63) is 37.6 Å². The van der Waals surface area contributed by atoms with Gasteiger partial charge < -0.3 is 10.2 Å². The molecule has 82 valence electrons. The number of benzene rings is 1. The number of phenols is 2. The summed E-state index contributed by atoms with van der Waals surface area (Å²) in [6, 6.07) is 6.70. The van der Waals surface area contributed by atoms with Gasteiger partial charge in [0.05, 0.1) is 5.69 Å². The predicted octanol–water partition coefficient (Wildman–Crippen LogP) is 3.37. The van der Waals surface area contributed by atoms with Crippen LogP contribution in [0.25, 0.3) is 11.3 Å². The van der Waals surface area contributed by atoms with Crippen LogP contribution in [0, 0.1) is 7.14 Å². The smallest absolute Gasteiger partial charge is 0.158 e. The molecule has 0 atom stereocenters. The van der Waals surface area contributed by atoms with Gasteiger partial charge in [-0.05, 0) is 69.4 Å². The second kappa shape index (κ2) is 4.74. The lowest BCUT2D eigenvalue weighted by molar-refractivity contribution is 0.404. The van der Waals surface area contributed by atoms with Gasteiger partial charge in [0.15, 0.2) is 11.5 Å². The van der Waals surface area contributed by atoms with Crippen molar-refractivity contribution < 1.29 is 10.2 Å². The Morgan fingerprint density at radius 2 is 1.75 bits per heavy atom. The third-order valence-electron chi connectivity index (χ3n) is 2.06. The van der Waals surface area contributed by atoms with Crippen molar-refractivity contribution in [2.45, 2.75) is 0 Å². The molecule has 0 aliphatic rings. The zero-order valence-corrected chi connectivity index (χ0v) is 12.3. The zero-order chi connectivity index (χ0) is 11.7. The van der Waals surface area contributed by atoms with Gasteiger partial charge in [-0.2, -0.15) is 0 Å². The minimum atomic E-state index is -0.131. The van der Waals surface area contributed by atoms with Crippen molar-refractivity contribution in [2.75, 3.05) is 0 Å². The van der Waals surface area contributed by atoms with Gasteiger partial charge in [0.2, 0.25) is 0 Å². The first kappa shape index (κ1) is 11.9. The highest BCUT2D eigenvalue weighted by molar-refractivity contribution is 14.1. The quantitative estimate of drug-likeness (QED) is 0.530. The lowest BCUT2D eigenvalue weighted by Gasteiger charge is -2.05. The number of pyridine rings is 1. The molecule has 2 N–H and O–H groups in total. The average molecular weight is 439 g/mol. The fourth-order valence-corrected chi connectivity index (χ4v) is 3.13. The van der Waals surface area contributed by atoms with Gasteiger partial charge in [-0.15, -0.1) is 0 Å². The van der Waals surface area contributed by atoms with E-state index in [2.05, 4.69) is 50.2 Å². The first-order valence-electron chi connectivity index (χ1n) is 4.41. The minimum Gasteiger partial charge on any atom is -0.504 e. The van der Waals surface area contributed by atoms with Crippen LogP contribution in [0.2, 0.25) is 0 Å². The molecule has 1 heterocycles. The van der Waals surface area contributed by atoms with E-state index in [-0.39, 0.29) is 11.5 Å². The molecule has 0 spiro atoms. The largest absolute Gasteiger partial charge is 0.504 e. The summed E-state index contributed by atoms with van der Waals surface area (Å²) in [5, 5.41) is 18.7. The molecule has 2 aromatic rings. The summed E-state index contributed by atoms with van der Waals surface area (Å²) in [4.78, 5) is 4.31. The van der Waals surface area contributed by atoms with Crippen LogP contribution in [-0.4, -0.2) is 15.2 Å². The molecule has 0 aliphatic heterocycles. The molecule has 0 amide bonds. The number of aromatic nitrogens is 1. The van der Waals surface area contributed by atoms with Gasteiger partial charge in [0.25, 0.3) is 0 Å². The Morgan fingerprint density at radius 1 is 1.00 bits per heavy atom. The summed E-state index contributed by atoms with van der Waals surface area (Å²) in [6.07, 6.45) is 1.77. The van der Waals surface area contributed by atoms with E-state index >= 15 is 0 Å². The molecule has 0 unspecified atom stereocenters. The molecule has 5 heteroatoms. The van der Waals surface area contributed by atoms with Crippen LogP contribution in [0.4, 0.5) is 0 Å². The maximum Gasteiger partial charge on any atom is 0.158 e. The molecule has 2 rings (SSSR count). The molecule has 0 saturated heterocycles. The van der Waals surface area contributed by atoms with E-state index in [1.165, 1.54) is 12.1 Å². The molecule has 0 fully saturated rings. The Balaban J connectivity index is 2.54. The van der Waals surface area contributed by atoms with Crippen LogP contribution >= 0.6 is 45.2 Å². The van der Waals surface area contributed by atoms with Crippen LogP contribution < -0.4 is 0 Å². The number of hydrogen-bond acceptors (Lipinski definition) is 3. The molecular weight excluding hydrogens is 432 g/mol. The van der Waals surface area contributed by atoms with E-state index in [1.807, 2.05) is 6.07 Å². The summed E-state index contributed by atoms with van der Waals surface area (Å²) < 4.78 is 2.07. The summed E-state index contributed by atoms with van der Waals surface area (Å²) >= 11 is 4.40. The fraction of sp³-hybridized carbons (Fsp3) is 0. The molecule has 0 bridgehead atoms. The standard InChI is InChI=1S/C11H7I2NO2/c12-7-4-8(13)11(14-5-7)6-1-2-9(15)10(16)3-6/h1-5,15-16H. The topological polar surface area (TPSA) is 53.4 Å². The van der Waals surface area contributed by atoms with Crippen molar-refractivity contribution in [3.8, 4) is 22.8 Å². The molecule has 1 aromatic heterocycles. The molecular formula is C11H7I2NO2. The highest BCUT2D eigenvalue weighted by atomic mass is 127. The van der Waals surface area contributed by atoms with Gasteiger partial charge in [0.1, 0.15) is 0 Å². The van der Waals surface area contributed by atoms with Crippen LogP contribution in [0.15, 0.2) is 30.5 Å². The van der Waals surface area contributed by atoms with E-state index in [9.17, 15) is 10.2 Å². The Kier molecular flexibility index (Phi) is 3.53. The molecule has 0 radical (unpaired) electrons. The van der Waals surface area contributed by atoms with Gasteiger partial charge in [-0.1, -0.05) is 0 Å². The van der Waals surface area contributed by atoms with Crippen LogP contribution in [0.1, 0.15) is 0 Å². The molecule has 1 aromatic carbocycles. The van der Waals surface area contributed by atoms with Crippen molar-refractivity contribution >= 4 is 45.2 Å². The highest BCUT2D eigenvalue weighted by Gasteiger charge is 2.08. The zero-order valence-electron chi connectivity index (χ0n) is 7.98. The summed E-state index contributed by atoms with van der Waals surface area (Å²) in [5.41, 5.74) is 1.59. The molecule has 3 nitrogen and oxygen atoms in total. The SMILES string of the molecule is Oc1ccc(-c2ncc(I)cc2I)cc1O. The Labute approximate surface area is 120 Å². The predicted molar refractivity (Wildman–Crippen MR) is 78.4 cm³/mol. The number of hydrogen-bond donors (Lipinski definition) is 2. The third kappa shape index (κ3) is 2.40. The van der Waals surface area contributed by atoms with E-state index < -0.39 is 0 Å². The number of phenolic OH excluding ortho intramolecular Hbond substituents is 2. The molecule has 16 heavy (non-hydrogen) atoms. The van der Waals surface area contributed by atoms with Crippen molar-refractivity contribution in [1.29, 1.82) is 0 Å². The summed E-state index contributed by atoms with van der Waals surface area (Å²) in [5.74, 6) is -0.252. The maximum absolute atomic E-state index is 9.43. The second-order valence-electron chi connectivity index (χ2n) is 3.19. The molecule has 0 saturated carbocycles. The minimum absolute atomic E-state index is 0.121. The lowest BCUT2D eigenvalue weighted by atomic mass is 10.1. The number of nitrogens with zero attached hydrogens (tertiary/aromatic N) is 1. The first-order chi connectivity index (χ1) is 7.58. The normalized spacial score (nSPS) is 10.4. The number of aromatic hydroxyl groups is 2. The van der Waals surface area contributed by atoms with Gasteiger partial charge >= 0.3 is 0 Å².